The lowest BCUT2D eigenvalue weighted by Crippen LogP contribution is -2.37. The second kappa shape index (κ2) is 10.3. The van der Waals surface area contributed by atoms with E-state index in [4.69, 9.17) is 4.74 Å². The molecule has 2 aliphatic rings. The summed E-state index contributed by atoms with van der Waals surface area (Å²) in [7, 11) is 1.73. The van der Waals surface area contributed by atoms with Gasteiger partial charge in [-0.2, -0.15) is 0 Å². The van der Waals surface area contributed by atoms with E-state index in [2.05, 4.69) is 52.6 Å². The molecule has 0 aliphatic carbocycles. The van der Waals surface area contributed by atoms with Crippen LogP contribution in [0.2, 0.25) is 0 Å². The Morgan fingerprint density at radius 3 is 3.08 bits per heavy atom. The van der Waals surface area contributed by atoms with Gasteiger partial charge >= 0.3 is 0 Å². The summed E-state index contributed by atoms with van der Waals surface area (Å²) >= 11 is 6.11. The van der Waals surface area contributed by atoms with E-state index in [-0.39, 0.29) is 0 Å². The molecule has 3 rings (SSSR count). The zero-order valence-electron chi connectivity index (χ0n) is 15.1. The summed E-state index contributed by atoms with van der Waals surface area (Å²) in [6, 6.07) is 8.99. The highest BCUT2D eigenvalue weighted by Gasteiger charge is 2.29. The topological polar surface area (TPSA) is 36.5 Å². The SMILES string of the molecule is CCCCCN1NCSC1SCC1CSC(c2cccc(OC)c2)N1. The Balaban J connectivity index is 1.43. The van der Waals surface area contributed by atoms with Crippen molar-refractivity contribution in [1.82, 2.24) is 15.8 Å². The lowest BCUT2D eigenvalue weighted by atomic mass is 10.2. The van der Waals surface area contributed by atoms with E-state index < -0.39 is 0 Å². The van der Waals surface area contributed by atoms with Crippen molar-refractivity contribution in [3.8, 4) is 5.75 Å². The van der Waals surface area contributed by atoms with Crippen molar-refractivity contribution in [2.45, 2.75) is 42.3 Å². The van der Waals surface area contributed by atoms with Crippen LogP contribution in [0.15, 0.2) is 24.3 Å². The van der Waals surface area contributed by atoms with Crippen molar-refractivity contribution in [2.24, 2.45) is 0 Å². The predicted octanol–water partition coefficient (Wildman–Crippen LogP) is 4.12. The largest absolute Gasteiger partial charge is 0.497 e. The molecular formula is C18H29N3OS3. The van der Waals surface area contributed by atoms with Crippen LogP contribution in [0.4, 0.5) is 0 Å². The van der Waals surface area contributed by atoms with Crippen LogP contribution in [0.5, 0.6) is 5.75 Å². The molecule has 0 bridgehead atoms. The summed E-state index contributed by atoms with van der Waals surface area (Å²) < 4.78 is 5.91. The van der Waals surface area contributed by atoms with Gasteiger partial charge in [-0.15, -0.1) is 35.3 Å². The van der Waals surface area contributed by atoms with Gasteiger partial charge in [-0.3, -0.25) is 5.32 Å². The average molecular weight is 400 g/mol. The van der Waals surface area contributed by atoms with Crippen LogP contribution in [0.25, 0.3) is 0 Å². The fraction of sp³-hybridized carbons (Fsp3) is 0.667. The van der Waals surface area contributed by atoms with E-state index in [1.807, 2.05) is 29.6 Å². The quantitative estimate of drug-likeness (QED) is 0.605. The predicted molar refractivity (Wildman–Crippen MR) is 113 cm³/mol. The van der Waals surface area contributed by atoms with Crippen molar-refractivity contribution in [1.29, 1.82) is 0 Å². The number of methoxy groups -OCH3 is 1. The molecule has 3 unspecified atom stereocenters. The molecule has 2 fully saturated rings. The molecule has 0 saturated carbocycles. The van der Waals surface area contributed by atoms with Gasteiger partial charge in [-0.25, -0.2) is 10.4 Å². The maximum Gasteiger partial charge on any atom is 0.119 e. The third-order valence-corrected chi connectivity index (χ3v) is 8.56. The number of unbranched alkanes of at least 4 members (excludes halogenated alkanes) is 2. The van der Waals surface area contributed by atoms with Gasteiger partial charge in [0.25, 0.3) is 0 Å². The molecule has 2 aliphatic heterocycles. The van der Waals surface area contributed by atoms with Crippen LogP contribution >= 0.6 is 35.3 Å². The fourth-order valence-corrected chi connectivity index (χ4v) is 6.98. The smallest absolute Gasteiger partial charge is 0.119 e. The summed E-state index contributed by atoms with van der Waals surface area (Å²) in [6.07, 6.45) is 3.90. The zero-order chi connectivity index (χ0) is 17.5. The van der Waals surface area contributed by atoms with Gasteiger partial charge in [0.1, 0.15) is 10.5 Å². The molecule has 0 amide bonds. The normalized spacial score (nSPS) is 27.0. The highest BCUT2D eigenvalue weighted by Crippen LogP contribution is 2.37. The number of nitrogens with one attached hydrogen (secondary N) is 2. The minimum Gasteiger partial charge on any atom is -0.497 e. The highest BCUT2D eigenvalue weighted by molar-refractivity contribution is 8.17. The highest BCUT2D eigenvalue weighted by atomic mass is 32.2. The van der Waals surface area contributed by atoms with Gasteiger partial charge in [0.05, 0.1) is 18.4 Å². The summed E-state index contributed by atoms with van der Waals surface area (Å²) in [5, 5.41) is 6.61. The number of thioether (sulfide) groups is 3. The third kappa shape index (κ3) is 5.71. The van der Waals surface area contributed by atoms with Gasteiger partial charge in [0.15, 0.2) is 0 Å². The van der Waals surface area contributed by atoms with Crippen molar-refractivity contribution in [2.75, 3.05) is 31.0 Å². The number of hydrogen-bond donors (Lipinski definition) is 2. The van der Waals surface area contributed by atoms with Crippen molar-refractivity contribution >= 4 is 35.3 Å². The number of hydrogen-bond acceptors (Lipinski definition) is 7. The molecule has 4 nitrogen and oxygen atoms in total. The standard InChI is InChI=1S/C18H29N3OS3/c1-3-4-5-9-21-18(25-13-19-21)24-12-15-11-23-17(20-15)14-7-6-8-16(10-14)22-2/h6-8,10,15,17-20H,3-5,9,11-13H2,1-2H3. The first-order valence-corrected chi connectivity index (χ1v) is 12.2. The van der Waals surface area contributed by atoms with Crippen molar-refractivity contribution < 1.29 is 4.74 Å². The lowest BCUT2D eigenvalue weighted by molar-refractivity contribution is 0.239. The minimum atomic E-state index is 0.385. The molecule has 0 radical (unpaired) electrons. The van der Waals surface area contributed by atoms with Crippen LogP contribution in [0, 0.1) is 0 Å². The lowest BCUT2D eigenvalue weighted by Gasteiger charge is -2.23. The van der Waals surface area contributed by atoms with Crippen LogP contribution in [-0.2, 0) is 0 Å². The first-order chi connectivity index (χ1) is 12.3. The van der Waals surface area contributed by atoms with E-state index in [9.17, 15) is 0 Å². The van der Waals surface area contributed by atoms with Crippen LogP contribution in [0.3, 0.4) is 0 Å². The molecule has 0 spiro atoms. The van der Waals surface area contributed by atoms with E-state index in [0.717, 1.165) is 23.9 Å². The van der Waals surface area contributed by atoms with E-state index in [1.165, 1.54) is 30.6 Å². The average Bonchev–Trinajstić information content (AvgIpc) is 3.29. The van der Waals surface area contributed by atoms with Gasteiger partial charge in [0.2, 0.25) is 0 Å². The number of rotatable bonds is 9. The number of nitrogens with zero attached hydrogens (tertiary/aromatic N) is 1. The Morgan fingerprint density at radius 1 is 1.32 bits per heavy atom. The Kier molecular flexibility index (Phi) is 8.14. The fourth-order valence-electron chi connectivity index (χ4n) is 3.03. The number of hydrazine groups is 1. The number of benzene rings is 1. The van der Waals surface area contributed by atoms with Crippen molar-refractivity contribution in [3.63, 3.8) is 0 Å². The van der Waals surface area contributed by atoms with Gasteiger partial charge in [0, 0.05) is 24.1 Å². The molecule has 2 saturated heterocycles. The van der Waals surface area contributed by atoms with Gasteiger partial charge in [-0.05, 0) is 24.1 Å². The molecule has 3 atom stereocenters. The Bertz CT molecular complexity index is 534. The van der Waals surface area contributed by atoms with Crippen LogP contribution < -0.4 is 15.5 Å². The monoisotopic (exact) mass is 399 g/mol. The van der Waals surface area contributed by atoms with E-state index in [1.54, 1.807) is 7.11 Å². The second-order valence-corrected chi connectivity index (χ2v) is 9.98. The number of ether oxygens (including phenoxy) is 1. The molecule has 7 heteroatoms. The van der Waals surface area contributed by atoms with Crippen LogP contribution in [0.1, 0.15) is 37.1 Å². The third-order valence-electron chi connectivity index (χ3n) is 4.44. The molecule has 2 heterocycles. The molecule has 1 aromatic rings. The maximum atomic E-state index is 5.35. The molecular weight excluding hydrogens is 370 g/mol. The molecule has 25 heavy (non-hydrogen) atoms. The summed E-state index contributed by atoms with van der Waals surface area (Å²) in [4.78, 5) is 0. The first-order valence-electron chi connectivity index (χ1n) is 9.05. The summed E-state index contributed by atoms with van der Waals surface area (Å²) in [6.45, 7) is 3.43. The van der Waals surface area contributed by atoms with Gasteiger partial charge < -0.3 is 4.74 Å². The molecule has 2 N–H and O–H groups in total. The maximum absolute atomic E-state index is 5.35. The molecule has 0 aromatic heterocycles. The molecule has 140 valence electrons. The molecule has 1 aromatic carbocycles. The second-order valence-electron chi connectivity index (χ2n) is 6.36. The van der Waals surface area contributed by atoms with E-state index in [0.29, 0.717) is 16.1 Å². The van der Waals surface area contributed by atoms with Crippen molar-refractivity contribution in [3.05, 3.63) is 29.8 Å². The minimum absolute atomic E-state index is 0.385. The van der Waals surface area contributed by atoms with Crippen LogP contribution in [-0.4, -0.2) is 46.8 Å². The Hall–Kier alpha value is -0.0500. The Labute approximate surface area is 164 Å². The first kappa shape index (κ1) is 19.7. The zero-order valence-corrected chi connectivity index (χ0v) is 17.5. The Morgan fingerprint density at radius 2 is 2.24 bits per heavy atom. The summed E-state index contributed by atoms with van der Waals surface area (Å²) in [5.41, 5.74) is 4.84. The van der Waals surface area contributed by atoms with Gasteiger partial charge in [-0.1, -0.05) is 31.9 Å². The summed E-state index contributed by atoms with van der Waals surface area (Å²) in [5.74, 6) is 4.32. The van der Waals surface area contributed by atoms with E-state index >= 15 is 0 Å².